The van der Waals surface area contributed by atoms with E-state index in [0.717, 1.165) is 51.0 Å². The summed E-state index contributed by atoms with van der Waals surface area (Å²) in [4.78, 5) is 22.3. The van der Waals surface area contributed by atoms with Crippen molar-refractivity contribution in [2.45, 2.75) is 27.3 Å². The number of benzene rings is 1. The minimum Gasteiger partial charge on any atom is -0.478 e. The fraction of sp³-hybridized carbons (Fsp3) is 0.250. The molecule has 162 valence electrons. The number of aromatic nitrogens is 6. The Balaban J connectivity index is 1.78. The number of pyridine rings is 2. The van der Waals surface area contributed by atoms with Crippen molar-refractivity contribution in [3.05, 3.63) is 65.1 Å². The van der Waals surface area contributed by atoms with Gasteiger partial charge in [-0.25, -0.2) is 9.78 Å². The van der Waals surface area contributed by atoms with Gasteiger partial charge in [0.15, 0.2) is 0 Å². The SMILES string of the molecule is CCOc1ccc(-c2ccc3ncc4c(c3c2)n(-c2cn(CC)nc2C)c(=O)n4C)cn1. The van der Waals surface area contributed by atoms with Gasteiger partial charge < -0.3 is 4.74 Å². The maximum atomic E-state index is 13.3. The van der Waals surface area contributed by atoms with Crippen LogP contribution in [0.2, 0.25) is 0 Å². The molecule has 0 fully saturated rings. The predicted octanol–water partition coefficient (Wildman–Crippen LogP) is 3.86. The highest BCUT2D eigenvalue weighted by Gasteiger charge is 2.19. The number of aryl methyl sites for hydroxylation is 3. The summed E-state index contributed by atoms with van der Waals surface area (Å²) in [6.07, 6.45) is 5.48. The van der Waals surface area contributed by atoms with Crippen LogP contribution in [0.25, 0.3) is 38.8 Å². The summed E-state index contributed by atoms with van der Waals surface area (Å²) < 4.78 is 10.7. The van der Waals surface area contributed by atoms with E-state index in [1.807, 2.05) is 55.9 Å². The molecule has 0 atom stereocenters. The van der Waals surface area contributed by atoms with Gasteiger partial charge in [-0.05, 0) is 44.5 Å². The van der Waals surface area contributed by atoms with Gasteiger partial charge in [-0.1, -0.05) is 6.07 Å². The lowest BCUT2D eigenvalue weighted by Crippen LogP contribution is -2.21. The van der Waals surface area contributed by atoms with Crippen LogP contribution in [0.5, 0.6) is 5.88 Å². The largest absolute Gasteiger partial charge is 0.478 e. The lowest BCUT2D eigenvalue weighted by molar-refractivity contribution is 0.327. The molecule has 4 heterocycles. The summed E-state index contributed by atoms with van der Waals surface area (Å²) in [5.41, 5.74) is 5.83. The normalized spacial score (nSPS) is 11.5. The van der Waals surface area contributed by atoms with E-state index in [1.165, 1.54) is 0 Å². The molecule has 0 saturated carbocycles. The molecule has 0 spiro atoms. The molecule has 8 heteroatoms. The zero-order chi connectivity index (χ0) is 22.4. The van der Waals surface area contributed by atoms with Gasteiger partial charge in [0.1, 0.15) is 0 Å². The number of fused-ring (bicyclic) bond motifs is 3. The second-order valence-electron chi connectivity index (χ2n) is 7.67. The van der Waals surface area contributed by atoms with E-state index in [0.29, 0.717) is 12.5 Å². The molecule has 0 unspecified atom stereocenters. The van der Waals surface area contributed by atoms with Crippen LogP contribution in [0.1, 0.15) is 19.5 Å². The number of hydrogen-bond acceptors (Lipinski definition) is 5. The fourth-order valence-corrected chi connectivity index (χ4v) is 4.07. The predicted molar refractivity (Wildman–Crippen MR) is 124 cm³/mol. The minimum atomic E-state index is -0.124. The number of rotatable bonds is 5. The third-order valence-electron chi connectivity index (χ3n) is 5.73. The first-order valence-electron chi connectivity index (χ1n) is 10.7. The summed E-state index contributed by atoms with van der Waals surface area (Å²) in [7, 11) is 1.77. The molecule has 0 radical (unpaired) electrons. The van der Waals surface area contributed by atoms with Gasteiger partial charge in [-0.3, -0.25) is 18.8 Å². The van der Waals surface area contributed by atoms with Crippen LogP contribution in [0.3, 0.4) is 0 Å². The Hall–Kier alpha value is -3.94. The quantitative estimate of drug-likeness (QED) is 0.425. The summed E-state index contributed by atoms with van der Waals surface area (Å²) in [6.45, 7) is 7.19. The lowest BCUT2D eigenvalue weighted by atomic mass is 10.0. The van der Waals surface area contributed by atoms with Gasteiger partial charge in [0.25, 0.3) is 0 Å². The van der Waals surface area contributed by atoms with Crippen molar-refractivity contribution in [3.63, 3.8) is 0 Å². The van der Waals surface area contributed by atoms with E-state index in [-0.39, 0.29) is 5.69 Å². The smallest absolute Gasteiger partial charge is 0.333 e. The lowest BCUT2D eigenvalue weighted by Gasteiger charge is -2.08. The zero-order valence-corrected chi connectivity index (χ0v) is 18.5. The Morgan fingerprint density at radius 1 is 1.03 bits per heavy atom. The van der Waals surface area contributed by atoms with Gasteiger partial charge in [0.2, 0.25) is 5.88 Å². The van der Waals surface area contributed by atoms with Crippen LogP contribution in [0.15, 0.2) is 53.7 Å². The van der Waals surface area contributed by atoms with Crippen molar-refractivity contribution in [1.82, 2.24) is 28.9 Å². The minimum absolute atomic E-state index is 0.124. The summed E-state index contributed by atoms with van der Waals surface area (Å²) in [6, 6.07) is 9.91. The molecular weight excluding hydrogens is 404 g/mol. The maximum absolute atomic E-state index is 13.3. The van der Waals surface area contributed by atoms with Crippen molar-refractivity contribution in [2.24, 2.45) is 7.05 Å². The van der Waals surface area contributed by atoms with Gasteiger partial charge in [0.05, 0.1) is 40.7 Å². The van der Waals surface area contributed by atoms with E-state index in [9.17, 15) is 4.79 Å². The van der Waals surface area contributed by atoms with Crippen LogP contribution in [-0.2, 0) is 13.6 Å². The Labute approximate surface area is 184 Å². The van der Waals surface area contributed by atoms with E-state index in [1.54, 1.807) is 28.6 Å². The molecular formula is C24H24N6O2. The number of ether oxygens (including phenoxy) is 1. The Kier molecular flexibility index (Phi) is 4.77. The van der Waals surface area contributed by atoms with E-state index in [2.05, 4.69) is 21.1 Å². The fourth-order valence-electron chi connectivity index (χ4n) is 4.07. The molecule has 0 aliphatic heterocycles. The van der Waals surface area contributed by atoms with Crippen LogP contribution >= 0.6 is 0 Å². The van der Waals surface area contributed by atoms with E-state index in [4.69, 9.17) is 4.74 Å². The molecule has 0 aliphatic carbocycles. The number of nitrogens with zero attached hydrogens (tertiary/aromatic N) is 6. The molecule has 5 aromatic rings. The molecule has 0 aliphatic rings. The third kappa shape index (κ3) is 3.07. The average molecular weight is 428 g/mol. The highest BCUT2D eigenvalue weighted by molar-refractivity contribution is 6.04. The highest BCUT2D eigenvalue weighted by atomic mass is 16.5. The molecule has 5 rings (SSSR count). The standard InChI is InChI=1S/C24H24N6O2/c1-5-29-14-21(15(3)27-29)30-23-18-11-16(17-8-10-22(26-12-17)32-6-2)7-9-19(18)25-13-20(23)28(4)24(30)31/h7-14H,5-6H2,1-4H3. The molecule has 4 aromatic heterocycles. The number of imidazole rings is 1. The summed E-state index contributed by atoms with van der Waals surface area (Å²) >= 11 is 0. The van der Waals surface area contributed by atoms with Crippen LogP contribution < -0.4 is 10.4 Å². The third-order valence-corrected chi connectivity index (χ3v) is 5.73. The van der Waals surface area contributed by atoms with Crippen molar-refractivity contribution >= 4 is 21.9 Å². The van der Waals surface area contributed by atoms with Crippen LogP contribution in [0, 0.1) is 6.92 Å². The summed E-state index contributed by atoms with van der Waals surface area (Å²) in [5.74, 6) is 0.599. The second-order valence-corrected chi connectivity index (χ2v) is 7.67. The zero-order valence-electron chi connectivity index (χ0n) is 18.5. The Morgan fingerprint density at radius 2 is 1.84 bits per heavy atom. The van der Waals surface area contributed by atoms with Crippen molar-refractivity contribution < 1.29 is 4.74 Å². The van der Waals surface area contributed by atoms with Gasteiger partial charge in [0, 0.05) is 43.0 Å². The summed E-state index contributed by atoms with van der Waals surface area (Å²) in [5, 5.41) is 5.44. The molecule has 0 saturated heterocycles. The molecule has 0 N–H and O–H groups in total. The molecule has 0 amide bonds. The monoisotopic (exact) mass is 428 g/mol. The topological polar surface area (TPSA) is 79.8 Å². The first-order chi connectivity index (χ1) is 15.5. The van der Waals surface area contributed by atoms with E-state index < -0.39 is 0 Å². The van der Waals surface area contributed by atoms with Gasteiger partial charge in [-0.15, -0.1) is 0 Å². The van der Waals surface area contributed by atoms with E-state index >= 15 is 0 Å². The second kappa shape index (κ2) is 7.64. The van der Waals surface area contributed by atoms with Gasteiger partial charge in [-0.2, -0.15) is 5.10 Å². The molecule has 1 aromatic carbocycles. The maximum Gasteiger partial charge on any atom is 0.333 e. The highest BCUT2D eigenvalue weighted by Crippen LogP contribution is 2.30. The Bertz CT molecular complexity index is 1510. The first kappa shape index (κ1) is 20.0. The molecule has 8 nitrogen and oxygen atoms in total. The number of hydrogen-bond donors (Lipinski definition) is 0. The van der Waals surface area contributed by atoms with Crippen molar-refractivity contribution in [2.75, 3.05) is 6.61 Å². The molecule has 0 bridgehead atoms. The van der Waals surface area contributed by atoms with Crippen LogP contribution in [-0.4, -0.2) is 35.5 Å². The van der Waals surface area contributed by atoms with Gasteiger partial charge >= 0.3 is 5.69 Å². The van der Waals surface area contributed by atoms with Crippen molar-refractivity contribution in [1.29, 1.82) is 0 Å². The van der Waals surface area contributed by atoms with Crippen molar-refractivity contribution in [3.8, 4) is 22.7 Å². The average Bonchev–Trinajstić information content (AvgIpc) is 3.30. The first-order valence-corrected chi connectivity index (χ1v) is 10.7. The Morgan fingerprint density at radius 3 is 2.53 bits per heavy atom. The van der Waals surface area contributed by atoms with Crippen LogP contribution in [0.4, 0.5) is 0 Å². The molecule has 32 heavy (non-hydrogen) atoms.